The van der Waals surface area contributed by atoms with E-state index in [2.05, 4.69) is 31.0 Å². The van der Waals surface area contributed by atoms with Crippen LogP contribution in [0.15, 0.2) is 5.03 Å². The molecule has 0 aromatic carbocycles. The Hall–Kier alpha value is -0.610. The molecule has 4 heteroatoms. The highest BCUT2D eigenvalue weighted by Crippen LogP contribution is 2.24. The minimum atomic E-state index is 0.564. The highest BCUT2D eigenvalue weighted by Gasteiger charge is 2.12. The van der Waals surface area contributed by atoms with Crippen LogP contribution in [0, 0.1) is 0 Å². The van der Waals surface area contributed by atoms with E-state index in [1.807, 2.05) is 0 Å². The van der Waals surface area contributed by atoms with Gasteiger partial charge in [0.25, 0.3) is 0 Å². The van der Waals surface area contributed by atoms with Gasteiger partial charge in [-0.25, -0.2) is 0 Å². The van der Waals surface area contributed by atoms with Gasteiger partial charge in [-0.15, -0.1) is 16.9 Å². The average molecular weight is 225 g/mol. The summed E-state index contributed by atoms with van der Waals surface area (Å²) in [5.74, 6) is 1.01. The van der Waals surface area contributed by atoms with Gasteiger partial charge >= 0.3 is 0 Å². The van der Waals surface area contributed by atoms with Gasteiger partial charge in [-0.3, -0.25) is 0 Å². The molecule has 0 saturated carbocycles. The van der Waals surface area contributed by atoms with E-state index in [-0.39, 0.29) is 0 Å². The van der Waals surface area contributed by atoms with Crippen molar-refractivity contribution in [2.75, 3.05) is 5.75 Å². The van der Waals surface area contributed by atoms with Crippen LogP contribution in [0.5, 0.6) is 0 Å². The lowest BCUT2D eigenvalue weighted by Gasteiger charge is -2.12. The zero-order chi connectivity index (χ0) is 11.3. The average Bonchev–Trinajstić information content (AvgIpc) is 2.28. The largest absolute Gasteiger partial charge is 0.326 e. The van der Waals surface area contributed by atoms with Gasteiger partial charge in [0.05, 0.1) is 5.69 Å². The third kappa shape index (κ3) is 2.69. The second-order valence-electron chi connectivity index (χ2n) is 3.25. The number of aromatic nitrogens is 2. The number of hydrogen-bond donors (Lipinski definition) is 1. The molecule has 0 unspecified atom stereocenters. The first-order valence-electron chi connectivity index (χ1n) is 5.48. The summed E-state index contributed by atoms with van der Waals surface area (Å²) < 4.78 is 0. The van der Waals surface area contributed by atoms with Gasteiger partial charge in [0.2, 0.25) is 0 Å². The zero-order valence-electron chi connectivity index (χ0n) is 9.71. The van der Waals surface area contributed by atoms with Crippen molar-refractivity contribution in [1.29, 1.82) is 0 Å². The van der Waals surface area contributed by atoms with Crippen LogP contribution in [0.2, 0.25) is 0 Å². The van der Waals surface area contributed by atoms with E-state index in [0.29, 0.717) is 6.54 Å². The Kier molecular flexibility index (Phi) is 5.05. The van der Waals surface area contributed by atoms with Crippen molar-refractivity contribution < 1.29 is 0 Å². The number of rotatable bonds is 5. The van der Waals surface area contributed by atoms with Gasteiger partial charge in [0.1, 0.15) is 5.03 Å². The number of nitrogens with zero attached hydrogens (tertiary/aromatic N) is 2. The molecule has 0 spiro atoms. The van der Waals surface area contributed by atoms with Crippen molar-refractivity contribution in [3.63, 3.8) is 0 Å². The minimum absolute atomic E-state index is 0.564. The van der Waals surface area contributed by atoms with Crippen molar-refractivity contribution in [2.45, 2.75) is 45.2 Å². The number of thioether (sulfide) groups is 1. The van der Waals surface area contributed by atoms with Gasteiger partial charge in [-0.05, 0) is 24.2 Å². The molecular formula is C11H19N3S. The quantitative estimate of drug-likeness (QED) is 0.780. The monoisotopic (exact) mass is 225 g/mol. The molecule has 0 aliphatic carbocycles. The Bertz CT molecular complexity index is 326. The maximum Gasteiger partial charge on any atom is 0.124 e. The van der Waals surface area contributed by atoms with Crippen LogP contribution in [0.1, 0.15) is 37.6 Å². The van der Waals surface area contributed by atoms with E-state index in [9.17, 15) is 0 Å². The van der Waals surface area contributed by atoms with Crippen molar-refractivity contribution in [2.24, 2.45) is 5.73 Å². The lowest BCUT2D eigenvalue weighted by atomic mass is 10.0. The summed E-state index contributed by atoms with van der Waals surface area (Å²) in [5.41, 5.74) is 9.38. The normalized spacial score (nSPS) is 10.7. The van der Waals surface area contributed by atoms with Crippen molar-refractivity contribution in [3.05, 3.63) is 16.8 Å². The predicted octanol–water partition coefficient (Wildman–Crippen LogP) is 2.17. The number of hydrogen-bond acceptors (Lipinski definition) is 4. The molecule has 0 aliphatic heterocycles. The molecular weight excluding hydrogens is 206 g/mol. The Morgan fingerprint density at radius 2 is 1.80 bits per heavy atom. The first kappa shape index (κ1) is 12.5. The predicted molar refractivity (Wildman–Crippen MR) is 65.1 cm³/mol. The summed E-state index contributed by atoms with van der Waals surface area (Å²) in [6.07, 6.45) is 1.92. The first-order valence-corrected chi connectivity index (χ1v) is 6.47. The summed E-state index contributed by atoms with van der Waals surface area (Å²) >= 11 is 1.72. The van der Waals surface area contributed by atoms with Gasteiger partial charge in [0, 0.05) is 12.1 Å². The molecule has 1 aromatic heterocycles. The van der Waals surface area contributed by atoms with Crippen LogP contribution >= 0.6 is 11.8 Å². The Balaban J connectivity index is 3.21. The van der Waals surface area contributed by atoms with E-state index in [1.165, 1.54) is 11.1 Å². The maximum atomic E-state index is 5.80. The van der Waals surface area contributed by atoms with Gasteiger partial charge in [-0.1, -0.05) is 20.8 Å². The molecule has 1 aromatic rings. The Morgan fingerprint density at radius 3 is 2.27 bits per heavy atom. The van der Waals surface area contributed by atoms with E-state index < -0.39 is 0 Å². The van der Waals surface area contributed by atoms with E-state index in [0.717, 1.165) is 29.3 Å². The summed E-state index contributed by atoms with van der Waals surface area (Å²) in [6, 6.07) is 0. The third-order valence-corrected chi connectivity index (χ3v) is 3.30. The summed E-state index contributed by atoms with van der Waals surface area (Å²) in [6.45, 7) is 6.94. The SMILES string of the molecule is CCSc1nnc(CC)c(CC)c1CN. The molecule has 0 aliphatic rings. The Labute approximate surface area is 95.9 Å². The standard InChI is InChI=1S/C11H19N3S/c1-4-8-9(7-12)11(15-6-3)14-13-10(8)5-2/h4-7,12H2,1-3H3. The smallest absolute Gasteiger partial charge is 0.124 e. The fourth-order valence-corrected chi connectivity index (χ4v) is 2.45. The molecule has 15 heavy (non-hydrogen) atoms. The van der Waals surface area contributed by atoms with Crippen molar-refractivity contribution in [1.82, 2.24) is 10.2 Å². The Morgan fingerprint density at radius 1 is 1.07 bits per heavy atom. The van der Waals surface area contributed by atoms with Crippen molar-refractivity contribution in [3.8, 4) is 0 Å². The highest BCUT2D eigenvalue weighted by atomic mass is 32.2. The topological polar surface area (TPSA) is 51.8 Å². The second kappa shape index (κ2) is 6.08. The molecule has 1 heterocycles. The van der Waals surface area contributed by atoms with Crippen LogP contribution in [0.25, 0.3) is 0 Å². The van der Waals surface area contributed by atoms with Crippen molar-refractivity contribution >= 4 is 11.8 Å². The zero-order valence-corrected chi connectivity index (χ0v) is 10.5. The number of nitrogens with two attached hydrogens (primary N) is 1. The van der Waals surface area contributed by atoms with E-state index >= 15 is 0 Å². The molecule has 1 rings (SSSR count). The minimum Gasteiger partial charge on any atom is -0.326 e. The van der Waals surface area contributed by atoms with Crippen LogP contribution in [0.3, 0.4) is 0 Å². The summed E-state index contributed by atoms with van der Waals surface area (Å²) in [7, 11) is 0. The second-order valence-corrected chi connectivity index (χ2v) is 4.51. The fourth-order valence-electron chi connectivity index (χ4n) is 1.69. The summed E-state index contributed by atoms with van der Waals surface area (Å²) in [4.78, 5) is 0. The summed E-state index contributed by atoms with van der Waals surface area (Å²) in [5, 5.41) is 9.53. The van der Waals surface area contributed by atoms with E-state index in [1.54, 1.807) is 11.8 Å². The first-order chi connectivity index (χ1) is 7.28. The molecule has 84 valence electrons. The van der Waals surface area contributed by atoms with Crippen LogP contribution in [-0.4, -0.2) is 16.0 Å². The molecule has 0 fully saturated rings. The van der Waals surface area contributed by atoms with E-state index in [4.69, 9.17) is 5.73 Å². The molecule has 0 amide bonds. The fraction of sp³-hybridized carbons (Fsp3) is 0.636. The van der Waals surface area contributed by atoms with Crippen LogP contribution < -0.4 is 5.73 Å². The third-order valence-electron chi connectivity index (χ3n) is 2.41. The van der Waals surface area contributed by atoms with Gasteiger partial charge in [-0.2, -0.15) is 5.10 Å². The molecule has 0 radical (unpaired) electrons. The highest BCUT2D eigenvalue weighted by molar-refractivity contribution is 7.99. The molecule has 0 bridgehead atoms. The van der Waals surface area contributed by atoms with Crippen LogP contribution in [-0.2, 0) is 19.4 Å². The number of aryl methyl sites for hydroxylation is 1. The molecule has 0 saturated heterocycles. The lowest BCUT2D eigenvalue weighted by Crippen LogP contribution is -2.10. The molecule has 0 atom stereocenters. The maximum absolute atomic E-state index is 5.80. The van der Waals surface area contributed by atoms with Gasteiger partial charge < -0.3 is 5.73 Å². The molecule has 2 N–H and O–H groups in total. The van der Waals surface area contributed by atoms with Gasteiger partial charge in [0.15, 0.2) is 0 Å². The lowest BCUT2D eigenvalue weighted by molar-refractivity contribution is 0.782. The van der Waals surface area contributed by atoms with Crippen LogP contribution in [0.4, 0.5) is 0 Å². The molecule has 3 nitrogen and oxygen atoms in total.